The predicted molar refractivity (Wildman–Crippen MR) is 53.0 cm³/mol. The van der Waals surface area contributed by atoms with Crippen LogP contribution < -0.4 is 0 Å². The maximum absolute atomic E-state index is 10.7. The number of hydrogen-bond donors (Lipinski definition) is 0. The molecule has 0 N–H and O–H groups in total. The fourth-order valence-corrected chi connectivity index (χ4v) is 1.12. The minimum atomic E-state index is -0.532. The van der Waals surface area contributed by atoms with E-state index >= 15 is 0 Å². The average molecular weight is 239 g/mol. The minimum absolute atomic E-state index is 0.532. The fourth-order valence-electron chi connectivity index (χ4n) is 0.732. The van der Waals surface area contributed by atoms with E-state index in [0.717, 1.165) is 10.0 Å². The van der Waals surface area contributed by atoms with Crippen molar-refractivity contribution in [3.8, 4) is 11.8 Å². The van der Waals surface area contributed by atoms with Crippen molar-refractivity contribution in [2.24, 2.45) is 0 Å². The molecule has 0 radical (unpaired) electrons. The quantitative estimate of drug-likeness (QED) is 0.511. The lowest BCUT2D eigenvalue weighted by Gasteiger charge is -1.92. The third kappa shape index (κ3) is 2.92. The number of rotatable bonds is 0. The zero-order chi connectivity index (χ0) is 9.68. The van der Waals surface area contributed by atoms with E-state index in [-0.39, 0.29) is 0 Å². The van der Waals surface area contributed by atoms with Gasteiger partial charge in [-0.3, -0.25) is 0 Å². The van der Waals surface area contributed by atoms with E-state index in [4.69, 9.17) is 0 Å². The topological polar surface area (TPSA) is 26.3 Å². The Hall–Kier alpha value is -1.27. The Balaban J connectivity index is 2.89. The molecule has 0 aliphatic carbocycles. The number of ether oxygens (including phenoxy) is 1. The van der Waals surface area contributed by atoms with E-state index in [0.29, 0.717) is 0 Å². The van der Waals surface area contributed by atoms with Crippen molar-refractivity contribution >= 4 is 21.9 Å². The Morgan fingerprint density at radius 2 is 2.15 bits per heavy atom. The first-order valence-corrected chi connectivity index (χ1v) is 4.38. The van der Waals surface area contributed by atoms with Crippen molar-refractivity contribution in [1.82, 2.24) is 0 Å². The second kappa shape index (κ2) is 4.68. The van der Waals surface area contributed by atoms with E-state index < -0.39 is 5.97 Å². The van der Waals surface area contributed by atoms with Gasteiger partial charge >= 0.3 is 5.97 Å². The van der Waals surface area contributed by atoms with Crippen LogP contribution in [0.5, 0.6) is 0 Å². The van der Waals surface area contributed by atoms with Gasteiger partial charge in [0.1, 0.15) is 0 Å². The lowest BCUT2D eigenvalue weighted by atomic mass is 10.2. The molecule has 66 valence electrons. The van der Waals surface area contributed by atoms with Gasteiger partial charge < -0.3 is 4.74 Å². The third-order valence-electron chi connectivity index (χ3n) is 1.36. The van der Waals surface area contributed by atoms with Crippen LogP contribution in [0.3, 0.4) is 0 Å². The van der Waals surface area contributed by atoms with Crippen molar-refractivity contribution in [3.63, 3.8) is 0 Å². The van der Waals surface area contributed by atoms with E-state index in [2.05, 4.69) is 32.5 Å². The maximum atomic E-state index is 10.7. The lowest BCUT2D eigenvalue weighted by Crippen LogP contribution is -1.94. The van der Waals surface area contributed by atoms with Crippen LogP contribution in [0.1, 0.15) is 5.56 Å². The second-order valence-electron chi connectivity index (χ2n) is 2.22. The van der Waals surface area contributed by atoms with E-state index in [1.54, 1.807) is 0 Å². The first kappa shape index (κ1) is 9.82. The smallest absolute Gasteiger partial charge is 0.384 e. The van der Waals surface area contributed by atoms with Gasteiger partial charge in [0.2, 0.25) is 0 Å². The zero-order valence-corrected chi connectivity index (χ0v) is 8.59. The highest BCUT2D eigenvalue weighted by molar-refractivity contribution is 9.10. The lowest BCUT2D eigenvalue weighted by molar-refractivity contribution is -0.133. The largest absolute Gasteiger partial charge is 0.459 e. The van der Waals surface area contributed by atoms with E-state index in [9.17, 15) is 4.79 Å². The van der Waals surface area contributed by atoms with Gasteiger partial charge in [-0.2, -0.15) is 0 Å². The average Bonchev–Trinajstić information content (AvgIpc) is 2.16. The van der Waals surface area contributed by atoms with Crippen LogP contribution >= 0.6 is 15.9 Å². The molecule has 0 spiro atoms. The van der Waals surface area contributed by atoms with E-state index in [1.807, 2.05) is 24.3 Å². The Labute approximate surface area is 85.0 Å². The van der Waals surface area contributed by atoms with Crippen LogP contribution in [0, 0.1) is 11.8 Å². The molecule has 0 amide bonds. The number of halogens is 1. The van der Waals surface area contributed by atoms with Crippen LogP contribution in [0.15, 0.2) is 28.7 Å². The third-order valence-corrected chi connectivity index (χ3v) is 2.05. The van der Waals surface area contributed by atoms with Crippen molar-refractivity contribution in [1.29, 1.82) is 0 Å². The molecule has 13 heavy (non-hydrogen) atoms. The molecular weight excluding hydrogens is 232 g/mol. The first-order chi connectivity index (χ1) is 6.24. The molecule has 1 aromatic rings. The van der Waals surface area contributed by atoms with Gasteiger partial charge in [-0.1, -0.05) is 18.1 Å². The summed E-state index contributed by atoms with van der Waals surface area (Å²) in [6.07, 6.45) is 0. The van der Waals surface area contributed by atoms with Gasteiger partial charge in [0.15, 0.2) is 0 Å². The number of carbonyl (C=O) groups excluding carboxylic acids is 1. The Morgan fingerprint density at radius 3 is 2.77 bits per heavy atom. The molecule has 0 unspecified atom stereocenters. The fraction of sp³-hybridized carbons (Fsp3) is 0.100. The molecule has 0 saturated carbocycles. The monoisotopic (exact) mass is 238 g/mol. The van der Waals surface area contributed by atoms with Crippen LogP contribution in [-0.2, 0) is 9.53 Å². The Kier molecular flexibility index (Phi) is 3.53. The van der Waals surface area contributed by atoms with Gasteiger partial charge in [-0.05, 0) is 28.1 Å². The summed E-state index contributed by atoms with van der Waals surface area (Å²) >= 11 is 3.31. The van der Waals surface area contributed by atoms with Gasteiger partial charge in [-0.15, -0.1) is 0 Å². The van der Waals surface area contributed by atoms with Crippen molar-refractivity contribution in [2.75, 3.05) is 7.11 Å². The predicted octanol–water partition coefficient (Wildman–Crippen LogP) is 1.97. The molecule has 1 rings (SSSR count). The molecule has 0 heterocycles. The number of carbonyl (C=O) groups is 1. The van der Waals surface area contributed by atoms with E-state index in [1.165, 1.54) is 7.11 Å². The Bertz CT molecular complexity index is 374. The normalized spacial score (nSPS) is 8.46. The summed E-state index contributed by atoms with van der Waals surface area (Å²) < 4.78 is 5.25. The van der Waals surface area contributed by atoms with Gasteiger partial charge in [0, 0.05) is 16.0 Å². The highest BCUT2D eigenvalue weighted by atomic mass is 79.9. The number of methoxy groups -OCH3 is 1. The molecule has 1 aromatic carbocycles. The standard InChI is InChI=1S/C10H7BrO2/c1-13-10(12)7-6-8-4-2-3-5-9(8)11/h2-5H,1H3. The van der Waals surface area contributed by atoms with Gasteiger partial charge in [0.25, 0.3) is 0 Å². The number of hydrogen-bond acceptors (Lipinski definition) is 2. The molecular formula is C10H7BrO2. The summed E-state index contributed by atoms with van der Waals surface area (Å²) in [6.45, 7) is 0. The number of benzene rings is 1. The SMILES string of the molecule is COC(=O)C#Cc1ccccc1Br. The highest BCUT2D eigenvalue weighted by Crippen LogP contribution is 2.13. The molecule has 0 saturated heterocycles. The summed E-state index contributed by atoms with van der Waals surface area (Å²) in [4.78, 5) is 10.7. The second-order valence-corrected chi connectivity index (χ2v) is 3.08. The van der Waals surface area contributed by atoms with Crippen LogP contribution in [0.25, 0.3) is 0 Å². The van der Waals surface area contributed by atoms with Crippen LogP contribution in [-0.4, -0.2) is 13.1 Å². The minimum Gasteiger partial charge on any atom is -0.459 e. The van der Waals surface area contributed by atoms with Crippen molar-refractivity contribution < 1.29 is 9.53 Å². The molecule has 0 aromatic heterocycles. The van der Waals surface area contributed by atoms with Crippen molar-refractivity contribution in [3.05, 3.63) is 34.3 Å². The van der Waals surface area contributed by atoms with Gasteiger partial charge in [0.05, 0.1) is 7.11 Å². The zero-order valence-electron chi connectivity index (χ0n) is 7.00. The summed E-state index contributed by atoms with van der Waals surface area (Å²) in [5, 5.41) is 0. The summed E-state index contributed by atoms with van der Waals surface area (Å²) in [5.41, 5.74) is 0.771. The maximum Gasteiger partial charge on any atom is 0.384 e. The van der Waals surface area contributed by atoms with Crippen molar-refractivity contribution in [2.45, 2.75) is 0 Å². The molecule has 0 bridgehead atoms. The van der Waals surface area contributed by atoms with Crippen LogP contribution in [0.2, 0.25) is 0 Å². The molecule has 3 heteroatoms. The number of esters is 1. The molecule has 0 aliphatic rings. The molecule has 0 fully saturated rings. The summed E-state index contributed by atoms with van der Waals surface area (Å²) in [5.74, 6) is 4.51. The summed E-state index contributed by atoms with van der Waals surface area (Å²) in [6, 6.07) is 7.42. The molecule has 0 atom stereocenters. The van der Waals surface area contributed by atoms with Crippen LogP contribution in [0.4, 0.5) is 0 Å². The highest BCUT2D eigenvalue weighted by Gasteiger charge is 1.94. The summed E-state index contributed by atoms with van der Waals surface area (Å²) in [7, 11) is 1.30. The first-order valence-electron chi connectivity index (χ1n) is 3.58. The van der Waals surface area contributed by atoms with Gasteiger partial charge in [-0.25, -0.2) is 4.79 Å². The Morgan fingerprint density at radius 1 is 1.46 bits per heavy atom. The molecule has 0 aliphatic heterocycles. The molecule has 2 nitrogen and oxygen atoms in total.